The number of hydrogen-bond donors (Lipinski definition) is 2. The molecule has 10 heteroatoms. The zero-order chi connectivity index (χ0) is 26.5. The Hall–Kier alpha value is -3.14. The van der Waals surface area contributed by atoms with Crippen molar-refractivity contribution in [3.8, 4) is 22.9 Å². The number of hydrogen-bond acceptors (Lipinski definition) is 8. The Bertz CT molecular complexity index is 1530. The number of ether oxygens (including phenoxy) is 2. The van der Waals surface area contributed by atoms with Gasteiger partial charge in [0.2, 0.25) is 0 Å². The summed E-state index contributed by atoms with van der Waals surface area (Å²) in [6.07, 6.45) is 6.37. The van der Waals surface area contributed by atoms with Crippen molar-refractivity contribution < 1.29 is 9.47 Å². The molecule has 7 rings (SSSR count). The standard InChI is InChI=1S/C29H34ClN7O2/c1-17-5-8-23-21(15-32-35-23)24(17)25-22(30)14-20-26(27(25)39-19-6-7-19)33-29(38-16-18-4-3-11-36(18)2)34-28(20)37-12-9-31-10-13-37/h5,8,14-15,18-19,31H,3-4,6-7,9-13,16H2,1-2H3,(H,32,35)/t18-/m0/s1. The molecule has 2 aromatic carbocycles. The average Bonchev–Trinajstić information content (AvgIpc) is 3.47. The molecular weight excluding hydrogens is 514 g/mol. The van der Waals surface area contributed by atoms with E-state index < -0.39 is 0 Å². The molecule has 2 saturated heterocycles. The molecule has 0 radical (unpaired) electrons. The van der Waals surface area contributed by atoms with E-state index in [-0.39, 0.29) is 6.10 Å². The number of H-pyrrole nitrogens is 1. The molecule has 1 aliphatic carbocycles. The minimum Gasteiger partial charge on any atom is -0.487 e. The minimum absolute atomic E-state index is 0.156. The number of nitrogens with zero attached hydrogens (tertiary/aromatic N) is 5. The van der Waals surface area contributed by atoms with Crippen LogP contribution < -0.4 is 19.7 Å². The Morgan fingerprint density at radius 1 is 1.05 bits per heavy atom. The van der Waals surface area contributed by atoms with Crippen LogP contribution in [0.5, 0.6) is 11.8 Å². The van der Waals surface area contributed by atoms with E-state index in [0.29, 0.717) is 29.4 Å². The zero-order valence-electron chi connectivity index (χ0n) is 22.5. The number of fused-ring (bicyclic) bond motifs is 2. The molecule has 3 aliphatic rings. The third-order valence-electron chi connectivity index (χ3n) is 8.24. The first kappa shape index (κ1) is 24.9. The molecule has 9 nitrogen and oxygen atoms in total. The number of likely N-dealkylation sites (tertiary alicyclic amines) is 1. The van der Waals surface area contributed by atoms with Crippen molar-refractivity contribution in [1.82, 2.24) is 30.4 Å². The van der Waals surface area contributed by atoms with Gasteiger partial charge in [0, 0.05) is 54.1 Å². The van der Waals surface area contributed by atoms with Gasteiger partial charge in [-0.05, 0) is 63.9 Å². The first-order valence-corrected chi connectivity index (χ1v) is 14.4. The normalized spacial score (nSPS) is 20.3. The molecule has 0 spiro atoms. The number of piperazine rings is 1. The summed E-state index contributed by atoms with van der Waals surface area (Å²) in [7, 11) is 2.16. The van der Waals surface area contributed by atoms with Crippen molar-refractivity contribution in [1.29, 1.82) is 0 Å². The topological polar surface area (TPSA) is 91.4 Å². The van der Waals surface area contributed by atoms with Gasteiger partial charge in [-0.15, -0.1) is 0 Å². The van der Waals surface area contributed by atoms with E-state index >= 15 is 0 Å². The van der Waals surface area contributed by atoms with E-state index in [1.165, 1.54) is 6.42 Å². The lowest BCUT2D eigenvalue weighted by atomic mass is 9.94. The Kier molecular flexibility index (Phi) is 6.45. The highest BCUT2D eigenvalue weighted by atomic mass is 35.5. The van der Waals surface area contributed by atoms with Crippen LogP contribution in [0.3, 0.4) is 0 Å². The highest BCUT2D eigenvalue weighted by Gasteiger charge is 2.31. The molecule has 2 aromatic heterocycles. The summed E-state index contributed by atoms with van der Waals surface area (Å²) in [6.45, 7) is 7.25. The van der Waals surface area contributed by atoms with Gasteiger partial charge in [-0.25, -0.2) is 0 Å². The second kappa shape index (κ2) is 10.1. The minimum atomic E-state index is 0.156. The first-order chi connectivity index (χ1) is 19.1. The maximum absolute atomic E-state index is 7.17. The van der Waals surface area contributed by atoms with Crippen LogP contribution in [0, 0.1) is 6.92 Å². The lowest BCUT2D eigenvalue weighted by molar-refractivity contribution is 0.188. The van der Waals surface area contributed by atoms with E-state index in [4.69, 9.17) is 31.0 Å². The predicted molar refractivity (Wildman–Crippen MR) is 154 cm³/mol. The molecule has 2 aliphatic heterocycles. The second-order valence-corrected chi connectivity index (χ2v) is 11.4. The van der Waals surface area contributed by atoms with E-state index in [2.05, 4.69) is 45.4 Å². The first-order valence-electron chi connectivity index (χ1n) is 14.0. The van der Waals surface area contributed by atoms with E-state index in [1.54, 1.807) is 0 Å². The summed E-state index contributed by atoms with van der Waals surface area (Å²) in [4.78, 5) is 14.6. The largest absolute Gasteiger partial charge is 0.487 e. The number of aromatic nitrogens is 4. The fourth-order valence-corrected chi connectivity index (χ4v) is 6.16. The summed E-state index contributed by atoms with van der Waals surface area (Å²) in [5.41, 5.74) is 4.67. The highest BCUT2D eigenvalue weighted by Crippen LogP contribution is 2.48. The molecule has 2 N–H and O–H groups in total. The van der Waals surface area contributed by atoms with Crippen molar-refractivity contribution in [2.24, 2.45) is 0 Å². The fourth-order valence-electron chi connectivity index (χ4n) is 5.87. The number of halogens is 1. The third kappa shape index (κ3) is 4.66. The maximum Gasteiger partial charge on any atom is 0.319 e. The van der Waals surface area contributed by atoms with Gasteiger partial charge in [-0.1, -0.05) is 17.7 Å². The van der Waals surface area contributed by atoms with Gasteiger partial charge in [-0.3, -0.25) is 5.10 Å². The van der Waals surface area contributed by atoms with Crippen LogP contribution in [-0.4, -0.2) is 83.6 Å². The number of rotatable bonds is 7. The molecule has 4 aromatic rings. The molecule has 1 atom stereocenters. The Morgan fingerprint density at radius 2 is 1.90 bits per heavy atom. The van der Waals surface area contributed by atoms with Gasteiger partial charge < -0.3 is 24.6 Å². The molecule has 0 unspecified atom stereocenters. The van der Waals surface area contributed by atoms with Crippen molar-refractivity contribution in [3.05, 3.63) is 35.0 Å². The van der Waals surface area contributed by atoms with Gasteiger partial charge in [-0.2, -0.15) is 15.1 Å². The summed E-state index contributed by atoms with van der Waals surface area (Å²) in [5.74, 6) is 1.56. The van der Waals surface area contributed by atoms with Crippen molar-refractivity contribution in [2.75, 3.05) is 51.3 Å². The summed E-state index contributed by atoms with van der Waals surface area (Å²) in [6, 6.07) is 6.92. The van der Waals surface area contributed by atoms with Gasteiger partial charge in [0.1, 0.15) is 17.9 Å². The Balaban J connectivity index is 1.43. The van der Waals surface area contributed by atoms with Crippen molar-refractivity contribution >= 4 is 39.2 Å². The number of likely N-dealkylation sites (N-methyl/N-ethyl adjacent to an activating group) is 1. The number of aryl methyl sites for hydroxylation is 1. The maximum atomic E-state index is 7.17. The SMILES string of the molecule is Cc1ccc2[nH]ncc2c1-c1c(Cl)cc2c(N3CCNCC3)nc(OC[C@@H]3CCCN3C)nc2c1OC1CC1. The molecule has 204 valence electrons. The fraction of sp³-hybridized carbons (Fsp3) is 0.483. The van der Waals surface area contributed by atoms with Crippen LogP contribution in [0.25, 0.3) is 32.9 Å². The predicted octanol–water partition coefficient (Wildman–Crippen LogP) is 4.56. The molecular formula is C29H34ClN7O2. The van der Waals surface area contributed by atoms with Gasteiger partial charge in [0.15, 0.2) is 5.75 Å². The van der Waals surface area contributed by atoms with Gasteiger partial charge >= 0.3 is 6.01 Å². The van der Waals surface area contributed by atoms with Crippen LogP contribution in [0.15, 0.2) is 24.4 Å². The van der Waals surface area contributed by atoms with Crippen LogP contribution >= 0.6 is 11.6 Å². The van der Waals surface area contributed by atoms with E-state index in [0.717, 1.165) is 96.3 Å². The van der Waals surface area contributed by atoms with Crippen LogP contribution in [0.2, 0.25) is 5.02 Å². The number of benzene rings is 2. The molecule has 0 amide bonds. The van der Waals surface area contributed by atoms with Crippen LogP contribution in [0.1, 0.15) is 31.2 Å². The van der Waals surface area contributed by atoms with Crippen LogP contribution in [0.4, 0.5) is 5.82 Å². The number of aromatic amines is 1. The average molecular weight is 548 g/mol. The smallest absolute Gasteiger partial charge is 0.319 e. The quantitative estimate of drug-likeness (QED) is 0.348. The molecule has 4 heterocycles. The number of nitrogens with one attached hydrogen (secondary N) is 2. The number of anilines is 1. The zero-order valence-corrected chi connectivity index (χ0v) is 23.2. The van der Waals surface area contributed by atoms with Crippen molar-refractivity contribution in [3.63, 3.8) is 0 Å². The van der Waals surface area contributed by atoms with Crippen molar-refractivity contribution in [2.45, 2.75) is 44.8 Å². The second-order valence-electron chi connectivity index (χ2n) is 11.0. The van der Waals surface area contributed by atoms with Gasteiger partial charge in [0.25, 0.3) is 0 Å². The Morgan fingerprint density at radius 3 is 2.67 bits per heavy atom. The molecule has 1 saturated carbocycles. The van der Waals surface area contributed by atoms with Crippen LogP contribution in [-0.2, 0) is 0 Å². The summed E-state index contributed by atoms with van der Waals surface area (Å²) < 4.78 is 13.0. The monoisotopic (exact) mass is 547 g/mol. The Labute approximate surface area is 232 Å². The third-order valence-corrected chi connectivity index (χ3v) is 8.54. The van der Waals surface area contributed by atoms with E-state index in [9.17, 15) is 0 Å². The van der Waals surface area contributed by atoms with E-state index in [1.807, 2.05) is 18.3 Å². The summed E-state index contributed by atoms with van der Waals surface area (Å²) >= 11 is 7.17. The molecule has 3 fully saturated rings. The lowest BCUT2D eigenvalue weighted by Gasteiger charge is -2.30. The highest BCUT2D eigenvalue weighted by molar-refractivity contribution is 6.35. The van der Waals surface area contributed by atoms with Gasteiger partial charge in [0.05, 0.1) is 22.8 Å². The molecule has 0 bridgehead atoms. The molecule has 39 heavy (non-hydrogen) atoms. The lowest BCUT2D eigenvalue weighted by Crippen LogP contribution is -2.44. The summed E-state index contributed by atoms with van der Waals surface area (Å²) in [5, 5.41) is 13.4.